The fourth-order valence-corrected chi connectivity index (χ4v) is 4.23. The maximum absolute atomic E-state index is 6.07. The summed E-state index contributed by atoms with van der Waals surface area (Å²) in [6, 6.07) is 23.6. The van der Waals surface area contributed by atoms with Gasteiger partial charge in [0.2, 0.25) is 5.13 Å². The zero-order chi connectivity index (χ0) is 22.3. The second-order valence-corrected chi connectivity index (χ2v) is 8.22. The molecule has 0 saturated carbocycles. The molecule has 0 fully saturated rings. The number of hydrogen-bond acceptors (Lipinski definition) is 6. The zero-order valence-electron chi connectivity index (χ0n) is 17.7. The van der Waals surface area contributed by atoms with Crippen LogP contribution in [0.2, 0.25) is 5.02 Å². The van der Waals surface area contributed by atoms with Crippen molar-refractivity contribution in [1.29, 1.82) is 0 Å². The smallest absolute Gasteiger partial charge is 0.204 e. The van der Waals surface area contributed by atoms with Crippen molar-refractivity contribution in [2.45, 2.75) is 6.92 Å². The molecule has 3 aromatic carbocycles. The first-order valence-electron chi connectivity index (χ1n) is 10.1. The molecule has 0 saturated heterocycles. The molecule has 4 rings (SSSR count). The lowest BCUT2D eigenvalue weighted by molar-refractivity contribution is 0.311. The number of anilines is 1. The molecule has 5 nitrogen and oxygen atoms in total. The average Bonchev–Trinajstić information content (AvgIpc) is 3.25. The van der Waals surface area contributed by atoms with Crippen molar-refractivity contribution >= 4 is 34.3 Å². The highest BCUT2D eigenvalue weighted by Crippen LogP contribution is 2.39. The maximum Gasteiger partial charge on any atom is 0.204 e. The van der Waals surface area contributed by atoms with E-state index in [1.165, 1.54) is 0 Å². The number of hydrazone groups is 1. The molecule has 0 aliphatic heterocycles. The van der Waals surface area contributed by atoms with Crippen LogP contribution in [0.15, 0.2) is 77.9 Å². The summed E-state index contributed by atoms with van der Waals surface area (Å²) in [4.78, 5) is 5.86. The molecule has 0 amide bonds. The van der Waals surface area contributed by atoms with Gasteiger partial charge in [-0.15, -0.1) is 0 Å². The summed E-state index contributed by atoms with van der Waals surface area (Å²) in [6.45, 7) is 2.50. The van der Waals surface area contributed by atoms with Crippen molar-refractivity contribution in [2.75, 3.05) is 19.1 Å². The molecular formula is C25H22ClN3O2S. The highest BCUT2D eigenvalue weighted by Gasteiger charge is 2.15. The molecule has 0 unspecified atom stereocenters. The first kappa shape index (κ1) is 21.9. The Bertz CT molecular complexity index is 1210. The molecule has 1 aromatic heterocycles. The van der Waals surface area contributed by atoms with E-state index >= 15 is 0 Å². The zero-order valence-corrected chi connectivity index (χ0v) is 19.3. The third kappa shape index (κ3) is 5.10. The number of hydrogen-bond donors (Lipinski definition) is 1. The van der Waals surface area contributed by atoms with E-state index < -0.39 is 0 Å². The molecule has 162 valence electrons. The average molecular weight is 464 g/mol. The molecule has 7 heteroatoms. The van der Waals surface area contributed by atoms with Crippen LogP contribution >= 0.6 is 22.9 Å². The van der Waals surface area contributed by atoms with Crippen LogP contribution in [0.3, 0.4) is 0 Å². The fraction of sp³-hybridized carbons (Fsp3) is 0.120. The summed E-state index contributed by atoms with van der Waals surface area (Å²) in [5.74, 6) is 1.38. The summed E-state index contributed by atoms with van der Waals surface area (Å²) in [7, 11) is 1.62. The van der Waals surface area contributed by atoms with Gasteiger partial charge in [-0.25, -0.2) is 4.98 Å². The van der Waals surface area contributed by atoms with Gasteiger partial charge in [-0.2, -0.15) is 5.10 Å². The Morgan fingerprint density at radius 1 is 1.00 bits per heavy atom. The van der Waals surface area contributed by atoms with Gasteiger partial charge < -0.3 is 9.47 Å². The van der Waals surface area contributed by atoms with Gasteiger partial charge >= 0.3 is 0 Å². The van der Waals surface area contributed by atoms with E-state index in [4.69, 9.17) is 26.1 Å². The quantitative estimate of drug-likeness (QED) is 0.226. The first-order chi connectivity index (χ1) is 15.7. The molecule has 0 aliphatic rings. The highest BCUT2D eigenvalue weighted by atomic mass is 35.5. The van der Waals surface area contributed by atoms with Gasteiger partial charge in [0.1, 0.15) is 0 Å². The number of ether oxygens (including phenoxy) is 2. The minimum Gasteiger partial charge on any atom is -0.493 e. The third-order valence-electron chi connectivity index (χ3n) is 4.64. The second-order valence-electron chi connectivity index (χ2n) is 6.78. The van der Waals surface area contributed by atoms with Crippen molar-refractivity contribution in [1.82, 2.24) is 4.98 Å². The number of methoxy groups -OCH3 is 1. The standard InChI is InChI=1S/C25H22ClN3O2S/c1-3-31-22-15-17(9-14-21(22)30-2)16-27-29-25-28-23(18-10-12-20(26)13-11-18)24(32-25)19-7-5-4-6-8-19/h4-16H,3H2,1-2H3,(H,28,29)/b27-16-. The van der Waals surface area contributed by atoms with E-state index in [0.717, 1.165) is 27.3 Å². The van der Waals surface area contributed by atoms with Crippen molar-refractivity contribution in [3.8, 4) is 33.2 Å². The maximum atomic E-state index is 6.07. The fourth-order valence-electron chi connectivity index (χ4n) is 3.16. The van der Waals surface area contributed by atoms with Crippen molar-refractivity contribution in [3.05, 3.63) is 83.4 Å². The lowest BCUT2D eigenvalue weighted by Gasteiger charge is -2.09. The number of nitrogens with zero attached hydrogens (tertiary/aromatic N) is 2. The number of halogens is 1. The van der Waals surface area contributed by atoms with Crippen LogP contribution in [0.25, 0.3) is 21.7 Å². The minimum absolute atomic E-state index is 0.560. The first-order valence-corrected chi connectivity index (χ1v) is 11.3. The molecular weight excluding hydrogens is 442 g/mol. The lowest BCUT2D eigenvalue weighted by Crippen LogP contribution is -1.97. The van der Waals surface area contributed by atoms with Gasteiger partial charge in [0, 0.05) is 10.6 Å². The van der Waals surface area contributed by atoms with Crippen LogP contribution < -0.4 is 14.9 Å². The Hall–Kier alpha value is -3.35. The normalized spacial score (nSPS) is 11.0. The van der Waals surface area contributed by atoms with E-state index in [1.807, 2.05) is 67.6 Å². The molecule has 0 aliphatic carbocycles. The Morgan fingerprint density at radius 2 is 1.78 bits per heavy atom. The Kier molecular flexibility index (Phi) is 7.04. The van der Waals surface area contributed by atoms with Crippen molar-refractivity contribution < 1.29 is 9.47 Å². The number of rotatable bonds is 8. The highest BCUT2D eigenvalue weighted by molar-refractivity contribution is 7.19. The summed E-state index contributed by atoms with van der Waals surface area (Å²) in [5, 5.41) is 5.77. The van der Waals surface area contributed by atoms with Crippen LogP contribution in [0, 0.1) is 0 Å². The largest absolute Gasteiger partial charge is 0.493 e. The van der Waals surface area contributed by atoms with E-state index in [1.54, 1.807) is 24.7 Å². The summed E-state index contributed by atoms with van der Waals surface area (Å²) in [6.07, 6.45) is 1.73. The Labute approximate surface area is 196 Å². The van der Waals surface area contributed by atoms with Crippen LogP contribution in [0.5, 0.6) is 11.5 Å². The monoisotopic (exact) mass is 463 g/mol. The van der Waals surface area contributed by atoms with E-state index in [0.29, 0.717) is 28.3 Å². The van der Waals surface area contributed by atoms with Gasteiger partial charge in [-0.3, -0.25) is 5.43 Å². The number of aromatic nitrogens is 1. The molecule has 1 heterocycles. The SMILES string of the molecule is CCOc1cc(/C=N\Nc2nc(-c3ccc(Cl)cc3)c(-c3ccccc3)s2)ccc1OC. The minimum atomic E-state index is 0.560. The van der Waals surface area contributed by atoms with Gasteiger partial charge in [0.25, 0.3) is 0 Å². The number of thiazole rings is 1. The van der Waals surface area contributed by atoms with Crippen LogP contribution in [0.1, 0.15) is 12.5 Å². The predicted octanol–water partition coefficient (Wildman–Crippen LogP) is 6.98. The van der Waals surface area contributed by atoms with E-state index in [9.17, 15) is 0 Å². The molecule has 4 aromatic rings. The number of nitrogens with one attached hydrogen (secondary N) is 1. The summed E-state index contributed by atoms with van der Waals surface area (Å²) < 4.78 is 11.0. The van der Waals surface area contributed by atoms with Crippen LogP contribution in [-0.4, -0.2) is 24.9 Å². The molecule has 0 atom stereocenters. The Balaban J connectivity index is 1.60. The van der Waals surface area contributed by atoms with Crippen LogP contribution in [-0.2, 0) is 0 Å². The molecule has 0 spiro atoms. The molecule has 0 bridgehead atoms. The predicted molar refractivity (Wildman–Crippen MR) is 133 cm³/mol. The van der Waals surface area contributed by atoms with Gasteiger partial charge in [-0.05, 0) is 48.4 Å². The van der Waals surface area contributed by atoms with Crippen LogP contribution in [0.4, 0.5) is 5.13 Å². The van der Waals surface area contributed by atoms with Gasteiger partial charge in [0.15, 0.2) is 11.5 Å². The summed E-state index contributed by atoms with van der Waals surface area (Å²) in [5.41, 5.74) is 6.94. The van der Waals surface area contributed by atoms with Crippen molar-refractivity contribution in [2.24, 2.45) is 5.10 Å². The number of benzene rings is 3. The van der Waals surface area contributed by atoms with E-state index in [-0.39, 0.29) is 0 Å². The van der Waals surface area contributed by atoms with Gasteiger partial charge in [-0.1, -0.05) is 65.4 Å². The van der Waals surface area contributed by atoms with Gasteiger partial charge in [0.05, 0.1) is 30.5 Å². The molecule has 1 N–H and O–H groups in total. The summed E-state index contributed by atoms with van der Waals surface area (Å²) >= 11 is 7.62. The third-order valence-corrected chi connectivity index (χ3v) is 5.90. The second kappa shape index (κ2) is 10.3. The van der Waals surface area contributed by atoms with Crippen molar-refractivity contribution in [3.63, 3.8) is 0 Å². The topological polar surface area (TPSA) is 55.7 Å². The molecule has 0 radical (unpaired) electrons. The van der Waals surface area contributed by atoms with E-state index in [2.05, 4.69) is 22.7 Å². The molecule has 32 heavy (non-hydrogen) atoms. The lowest BCUT2D eigenvalue weighted by atomic mass is 10.1. The Morgan fingerprint density at radius 3 is 2.50 bits per heavy atom.